The molecule has 8 heteroatoms. The zero-order valence-corrected chi connectivity index (χ0v) is 11.1. The van der Waals surface area contributed by atoms with Gasteiger partial charge in [-0.15, -0.1) is 11.3 Å². The molecular weight excluding hydrogens is 295 g/mol. The van der Waals surface area contributed by atoms with Gasteiger partial charge in [0.2, 0.25) is 5.60 Å². The third-order valence-corrected chi connectivity index (χ3v) is 3.93. The monoisotopic (exact) mass is 305 g/mol. The van der Waals surface area contributed by atoms with Crippen LogP contribution >= 0.6 is 11.3 Å². The largest absolute Gasteiger partial charge is 0.469 e. The lowest BCUT2D eigenvalue weighted by Gasteiger charge is -2.27. The number of benzene rings is 1. The number of thiazole rings is 1. The van der Waals surface area contributed by atoms with Crippen LogP contribution in [0.15, 0.2) is 24.3 Å². The molecular formula is C12H10F3NO3S. The van der Waals surface area contributed by atoms with Crippen molar-refractivity contribution < 1.29 is 27.8 Å². The molecule has 0 aliphatic rings. The minimum absolute atomic E-state index is 0.333. The van der Waals surface area contributed by atoms with E-state index in [-0.39, 0.29) is 0 Å². The fourth-order valence-corrected chi connectivity index (χ4v) is 2.70. The number of halogens is 3. The molecule has 2 rings (SSSR count). The van der Waals surface area contributed by atoms with E-state index >= 15 is 0 Å². The first kappa shape index (κ1) is 14.7. The second-order valence-electron chi connectivity index (χ2n) is 4.10. The number of rotatable bonds is 3. The quantitative estimate of drug-likeness (QED) is 0.886. The second kappa shape index (κ2) is 5.02. The summed E-state index contributed by atoms with van der Waals surface area (Å²) in [5.74, 6) is -1.16. The standard InChI is InChI=1S/C12H10F3NO3S/c1-19-9(17)6-11(18,12(13,14)15)10-16-7-4-2-3-5-8(7)20-10/h2-5,18H,6H2,1H3/t11-/m0/s1. The van der Waals surface area contributed by atoms with Crippen LogP contribution in [0.4, 0.5) is 13.2 Å². The van der Waals surface area contributed by atoms with Crippen molar-refractivity contribution in [2.45, 2.75) is 18.2 Å². The number of aliphatic hydroxyl groups is 1. The average Bonchev–Trinajstić information content (AvgIpc) is 2.81. The zero-order chi connectivity index (χ0) is 15.0. The number of nitrogens with zero attached hydrogens (tertiary/aromatic N) is 1. The molecule has 0 amide bonds. The number of hydrogen-bond acceptors (Lipinski definition) is 5. The van der Waals surface area contributed by atoms with Crippen molar-refractivity contribution in [3.8, 4) is 0 Å². The Bertz CT molecular complexity index is 607. The van der Waals surface area contributed by atoms with Gasteiger partial charge in [0.15, 0.2) is 0 Å². The predicted molar refractivity (Wildman–Crippen MR) is 66.2 cm³/mol. The predicted octanol–water partition coefficient (Wildman–Crippen LogP) is 2.61. The molecule has 0 fully saturated rings. The molecule has 1 heterocycles. The molecule has 0 unspecified atom stereocenters. The van der Waals surface area contributed by atoms with E-state index in [1.165, 1.54) is 6.07 Å². The van der Waals surface area contributed by atoms with Crippen molar-refractivity contribution in [3.05, 3.63) is 29.3 Å². The fourth-order valence-electron chi connectivity index (χ4n) is 1.63. The van der Waals surface area contributed by atoms with E-state index in [2.05, 4.69) is 9.72 Å². The first-order valence-corrected chi connectivity index (χ1v) is 6.31. The number of esters is 1. The molecule has 1 aromatic carbocycles. The van der Waals surface area contributed by atoms with Gasteiger partial charge in [-0.1, -0.05) is 12.1 Å². The summed E-state index contributed by atoms with van der Waals surface area (Å²) in [5.41, 5.74) is -3.01. The van der Waals surface area contributed by atoms with Crippen LogP contribution in [-0.2, 0) is 15.1 Å². The Morgan fingerprint density at radius 3 is 2.60 bits per heavy atom. The van der Waals surface area contributed by atoms with E-state index in [1.54, 1.807) is 18.2 Å². The molecule has 1 atom stereocenters. The zero-order valence-electron chi connectivity index (χ0n) is 10.3. The number of carbonyl (C=O) groups excluding carboxylic acids is 1. The maximum absolute atomic E-state index is 13.1. The highest BCUT2D eigenvalue weighted by Crippen LogP contribution is 2.44. The Morgan fingerprint density at radius 1 is 1.40 bits per heavy atom. The summed E-state index contributed by atoms with van der Waals surface area (Å²) in [6, 6.07) is 6.39. The molecule has 0 aliphatic heterocycles. The lowest BCUT2D eigenvalue weighted by atomic mass is 10.00. The highest BCUT2D eigenvalue weighted by atomic mass is 32.1. The highest BCUT2D eigenvalue weighted by molar-refractivity contribution is 7.18. The van der Waals surface area contributed by atoms with Crippen LogP contribution in [0, 0.1) is 0 Å². The Hall–Kier alpha value is -1.67. The van der Waals surface area contributed by atoms with Crippen molar-refractivity contribution in [1.29, 1.82) is 0 Å². The van der Waals surface area contributed by atoms with E-state index in [0.29, 0.717) is 21.6 Å². The molecule has 20 heavy (non-hydrogen) atoms. The van der Waals surface area contributed by atoms with Crippen molar-refractivity contribution in [3.63, 3.8) is 0 Å². The lowest BCUT2D eigenvalue weighted by Crippen LogP contribution is -2.44. The number of hydrogen-bond donors (Lipinski definition) is 1. The Morgan fingerprint density at radius 2 is 2.05 bits per heavy atom. The summed E-state index contributed by atoms with van der Waals surface area (Å²) in [5, 5.41) is 9.37. The van der Waals surface area contributed by atoms with Crippen LogP contribution < -0.4 is 0 Å². The van der Waals surface area contributed by atoms with Gasteiger partial charge < -0.3 is 9.84 Å². The summed E-state index contributed by atoms with van der Waals surface area (Å²) in [7, 11) is 0.956. The molecule has 1 aromatic heterocycles. The normalized spacial score (nSPS) is 15.1. The summed E-state index contributed by atoms with van der Waals surface area (Å²) < 4.78 is 44.1. The van der Waals surface area contributed by atoms with Crippen LogP contribution in [0.1, 0.15) is 11.4 Å². The number of para-hydroxylation sites is 1. The second-order valence-corrected chi connectivity index (χ2v) is 5.13. The van der Waals surface area contributed by atoms with E-state index < -0.39 is 29.2 Å². The van der Waals surface area contributed by atoms with Crippen LogP contribution in [0.25, 0.3) is 10.2 Å². The van der Waals surface area contributed by atoms with Gasteiger partial charge >= 0.3 is 12.1 Å². The highest BCUT2D eigenvalue weighted by Gasteiger charge is 2.58. The molecule has 0 saturated carbocycles. The first-order valence-electron chi connectivity index (χ1n) is 5.50. The maximum Gasteiger partial charge on any atom is 0.424 e. The summed E-state index contributed by atoms with van der Waals surface area (Å²) in [4.78, 5) is 14.9. The summed E-state index contributed by atoms with van der Waals surface area (Å²) in [6.45, 7) is 0. The molecule has 2 aromatic rings. The third-order valence-electron chi connectivity index (χ3n) is 2.74. The van der Waals surface area contributed by atoms with E-state index in [9.17, 15) is 23.1 Å². The van der Waals surface area contributed by atoms with E-state index in [0.717, 1.165) is 7.11 Å². The maximum atomic E-state index is 13.1. The molecule has 108 valence electrons. The molecule has 4 nitrogen and oxygen atoms in total. The van der Waals surface area contributed by atoms with Crippen LogP contribution in [0.3, 0.4) is 0 Å². The SMILES string of the molecule is COC(=O)C[C@](O)(c1nc2ccccc2s1)C(F)(F)F. The van der Waals surface area contributed by atoms with Crippen LogP contribution in [0.2, 0.25) is 0 Å². The number of carbonyl (C=O) groups is 1. The molecule has 1 N–H and O–H groups in total. The molecule has 0 bridgehead atoms. The summed E-state index contributed by atoms with van der Waals surface area (Å²) in [6.07, 6.45) is -6.26. The number of ether oxygens (including phenoxy) is 1. The van der Waals surface area contributed by atoms with E-state index in [4.69, 9.17) is 0 Å². The summed E-state index contributed by atoms with van der Waals surface area (Å²) >= 11 is 0.695. The Labute approximate surface area is 115 Å². The van der Waals surface area contributed by atoms with Gasteiger partial charge in [-0.2, -0.15) is 13.2 Å². The van der Waals surface area contributed by atoms with Crippen molar-refractivity contribution in [1.82, 2.24) is 4.98 Å². The van der Waals surface area contributed by atoms with Gasteiger partial charge in [-0.05, 0) is 12.1 Å². The number of aromatic nitrogens is 1. The smallest absolute Gasteiger partial charge is 0.424 e. The molecule has 0 spiro atoms. The third kappa shape index (κ3) is 2.48. The van der Waals surface area contributed by atoms with E-state index in [1.807, 2.05) is 0 Å². The van der Waals surface area contributed by atoms with Gasteiger partial charge in [-0.3, -0.25) is 4.79 Å². The number of fused-ring (bicyclic) bond motifs is 1. The van der Waals surface area contributed by atoms with Crippen LogP contribution in [0.5, 0.6) is 0 Å². The molecule has 0 radical (unpaired) electrons. The molecule has 0 saturated heterocycles. The topological polar surface area (TPSA) is 59.4 Å². The van der Waals surface area contributed by atoms with Crippen molar-refractivity contribution >= 4 is 27.5 Å². The minimum Gasteiger partial charge on any atom is -0.469 e. The molecule has 0 aliphatic carbocycles. The van der Waals surface area contributed by atoms with Crippen LogP contribution in [-0.4, -0.2) is 29.3 Å². The first-order chi connectivity index (χ1) is 9.28. The van der Waals surface area contributed by atoms with Gasteiger partial charge in [0.25, 0.3) is 0 Å². The van der Waals surface area contributed by atoms with Gasteiger partial charge in [0.05, 0.1) is 23.7 Å². The fraction of sp³-hybridized carbons (Fsp3) is 0.333. The van der Waals surface area contributed by atoms with Gasteiger partial charge in [0, 0.05) is 0 Å². The minimum atomic E-state index is -5.03. The Balaban J connectivity index is 2.53. The van der Waals surface area contributed by atoms with Gasteiger partial charge in [0.1, 0.15) is 5.01 Å². The average molecular weight is 305 g/mol. The van der Waals surface area contributed by atoms with Gasteiger partial charge in [-0.25, -0.2) is 4.98 Å². The van der Waals surface area contributed by atoms with Crippen molar-refractivity contribution in [2.24, 2.45) is 0 Å². The lowest BCUT2D eigenvalue weighted by molar-refractivity contribution is -0.269. The van der Waals surface area contributed by atoms with Crippen molar-refractivity contribution in [2.75, 3.05) is 7.11 Å². The number of alkyl halides is 3. The number of methoxy groups -OCH3 is 1. The Kier molecular flexibility index (Phi) is 3.70.